The molecule has 0 amide bonds. The van der Waals surface area contributed by atoms with Crippen molar-refractivity contribution in [3.8, 4) is 5.69 Å². The lowest BCUT2D eigenvalue weighted by atomic mass is 10.3. The van der Waals surface area contributed by atoms with Crippen LogP contribution in [0.15, 0.2) is 24.5 Å². The van der Waals surface area contributed by atoms with Crippen LogP contribution in [0.3, 0.4) is 0 Å². The van der Waals surface area contributed by atoms with E-state index in [0.29, 0.717) is 10.7 Å². The second-order valence-electron chi connectivity index (χ2n) is 2.46. The SMILES string of the molecule is Nc1ccc(-n2cnnn2)cc1Cl. The number of rotatable bonds is 1. The molecule has 2 aromatic rings. The van der Waals surface area contributed by atoms with Gasteiger partial charge in [0.15, 0.2) is 0 Å². The van der Waals surface area contributed by atoms with Gasteiger partial charge in [-0.05, 0) is 28.6 Å². The molecule has 0 fully saturated rings. The third-order valence-corrected chi connectivity index (χ3v) is 1.92. The first-order valence-corrected chi connectivity index (χ1v) is 3.93. The molecule has 0 bridgehead atoms. The summed E-state index contributed by atoms with van der Waals surface area (Å²) in [5.41, 5.74) is 6.87. The highest BCUT2D eigenvalue weighted by molar-refractivity contribution is 6.33. The number of benzene rings is 1. The van der Waals surface area contributed by atoms with Crippen LogP contribution in [0.4, 0.5) is 5.69 Å². The number of hydrogen-bond acceptors (Lipinski definition) is 4. The molecular weight excluding hydrogens is 190 g/mol. The molecule has 6 heteroatoms. The Bertz CT molecular complexity index is 411. The number of hydrogen-bond donors (Lipinski definition) is 1. The Kier molecular flexibility index (Phi) is 1.86. The molecule has 5 nitrogen and oxygen atoms in total. The molecule has 13 heavy (non-hydrogen) atoms. The fourth-order valence-electron chi connectivity index (χ4n) is 0.938. The van der Waals surface area contributed by atoms with Crippen molar-refractivity contribution in [2.75, 3.05) is 5.73 Å². The molecule has 0 aliphatic heterocycles. The van der Waals surface area contributed by atoms with Crippen molar-refractivity contribution in [2.45, 2.75) is 0 Å². The monoisotopic (exact) mass is 195 g/mol. The minimum Gasteiger partial charge on any atom is -0.398 e. The van der Waals surface area contributed by atoms with Crippen molar-refractivity contribution in [3.05, 3.63) is 29.5 Å². The van der Waals surface area contributed by atoms with Crippen LogP contribution in [0.5, 0.6) is 0 Å². The number of nitrogens with two attached hydrogens (primary N) is 1. The minimum absolute atomic E-state index is 0.494. The van der Waals surface area contributed by atoms with Gasteiger partial charge in [-0.15, -0.1) is 5.10 Å². The van der Waals surface area contributed by atoms with Gasteiger partial charge in [0.2, 0.25) is 0 Å². The van der Waals surface area contributed by atoms with E-state index in [1.54, 1.807) is 18.2 Å². The standard InChI is InChI=1S/C7H6ClN5/c8-6-3-5(1-2-7(6)9)13-4-10-11-12-13/h1-4H,9H2. The predicted octanol–water partition coefficient (Wildman–Crippen LogP) is 0.898. The maximum absolute atomic E-state index is 5.82. The average Bonchev–Trinajstić information content (AvgIpc) is 2.62. The zero-order valence-electron chi connectivity index (χ0n) is 6.55. The largest absolute Gasteiger partial charge is 0.398 e. The number of tetrazole rings is 1. The van der Waals surface area contributed by atoms with Crippen LogP contribution in [0.2, 0.25) is 5.02 Å². The van der Waals surface area contributed by atoms with Crippen molar-refractivity contribution in [3.63, 3.8) is 0 Å². The minimum atomic E-state index is 0.494. The van der Waals surface area contributed by atoms with Crippen molar-refractivity contribution >= 4 is 17.3 Å². The summed E-state index contributed by atoms with van der Waals surface area (Å²) in [6.45, 7) is 0. The molecule has 1 heterocycles. The molecule has 0 spiro atoms. The summed E-state index contributed by atoms with van der Waals surface area (Å²) in [4.78, 5) is 0. The molecule has 0 aliphatic carbocycles. The smallest absolute Gasteiger partial charge is 0.143 e. The first-order valence-electron chi connectivity index (χ1n) is 3.56. The van der Waals surface area contributed by atoms with E-state index in [4.69, 9.17) is 17.3 Å². The Labute approximate surface area is 79.1 Å². The van der Waals surface area contributed by atoms with Crippen LogP contribution in [0.25, 0.3) is 5.69 Å². The summed E-state index contributed by atoms with van der Waals surface area (Å²) < 4.78 is 1.51. The molecule has 0 unspecified atom stereocenters. The molecule has 2 N–H and O–H groups in total. The Hall–Kier alpha value is -1.62. The van der Waals surface area contributed by atoms with Crippen LogP contribution in [0.1, 0.15) is 0 Å². The Balaban J connectivity index is 2.49. The summed E-state index contributed by atoms with van der Waals surface area (Å²) in [6, 6.07) is 5.20. The first-order chi connectivity index (χ1) is 6.27. The number of nitrogens with zero attached hydrogens (tertiary/aromatic N) is 4. The highest BCUT2D eigenvalue weighted by atomic mass is 35.5. The molecule has 0 aliphatic rings. The van der Waals surface area contributed by atoms with Gasteiger partial charge >= 0.3 is 0 Å². The molecular formula is C7H6ClN5. The number of halogens is 1. The first kappa shape index (κ1) is 8.00. The Morgan fingerprint density at radius 3 is 2.85 bits per heavy atom. The van der Waals surface area contributed by atoms with Crippen LogP contribution in [0, 0.1) is 0 Å². The van der Waals surface area contributed by atoms with E-state index in [1.807, 2.05) is 0 Å². The molecule has 66 valence electrons. The van der Waals surface area contributed by atoms with E-state index in [1.165, 1.54) is 11.0 Å². The fourth-order valence-corrected chi connectivity index (χ4v) is 1.11. The van der Waals surface area contributed by atoms with Gasteiger partial charge in [-0.1, -0.05) is 11.6 Å². The van der Waals surface area contributed by atoms with Gasteiger partial charge in [0.1, 0.15) is 6.33 Å². The number of aromatic nitrogens is 4. The number of anilines is 1. The maximum Gasteiger partial charge on any atom is 0.143 e. The van der Waals surface area contributed by atoms with Crippen molar-refractivity contribution in [1.82, 2.24) is 20.2 Å². The van der Waals surface area contributed by atoms with Crippen LogP contribution >= 0.6 is 11.6 Å². The second kappa shape index (κ2) is 3.02. The topological polar surface area (TPSA) is 69.6 Å². The molecule has 0 saturated heterocycles. The lowest BCUT2D eigenvalue weighted by Gasteiger charge is -2.01. The van der Waals surface area contributed by atoms with Crippen LogP contribution in [-0.4, -0.2) is 20.2 Å². The third-order valence-electron chi connectivity index (χ3n) is 1.60. The molecule has 0 atom stereocenters. The van der Waals surface area contributed by atoms with Gasteiger partial charge in [-0.25, -0.2) is 4.68 Å². The zero-order valence-corrected chi connectivity index (χ0v) is 7.31. The quantitative estimate of drug-likeness (QED) is 0.687. The Morgan fingerprint density at radius 1 is 1.38 bits per heavy atom. The third kappa shape index (κ3) is 1.46. The van der Waals surface area contributed by atoms with Gasteiger partial charge in [0.05, 0.1) is 16.4 Å². The Morgan fingerprint density at radius 2 is 2.23 bits per heavy atom. The molecule has 0 radical (unpaired) electrons. The number of nitrogen functional groups attached to an aromatic ring is 1. The van der Waals surface area contributed by atoms with Crippen molar-refractivity contribution in [2.24, 2.45) is 0 Å². The van der Waals surface area contributed by atoms with E-state index >= 15 is 0 Å². The maximum atomic E-state index is 5.82. The van der Waals surface area contributed by atoms with Gasteiger partial charge in [-0.2, -0.15) is 0 Å². The van der Waals surface area contributed by atoms with Crippen molar-refractivity contribution < 1.29 is 0 Å². The molecule has 1 aromatic heterocycles. The van der Waals surface area contributed by atoms with Crippen LogP contribution in [-0.2, 0) is 0 Å². The predicted molar refractivity (Wildman–Crippen MR) is 48.6 cm³/mol. The van der Waals surface area contributed by atoms with Crippen LogP contribution < -0.4 is 5.73 Å². The normalized spacial score (nSPS) is 10.2. The fraction of sp³-hybridized carbons (Fsp3) is 0. The van der Waals surface area contributed by atoms with E-state index in [0.717, 1.165) is 5.69 Å². The van der Waals surface area contributed by atoms with E-state index in [2.05, 4.69) is 15.5 Å². The van der Waals surface area contributed by atoms with Gasteiger partial charge in [0.25, 0.3) is 0 Å². The molecule has 0 saturated carbocycles. The molecule has 2 rings (SSSR count). The van der Waals surface area contributed by atoms with Gasteiger partial charge in [0, 0.05) is 0 Å². The van der Waals surface area contributed by atoms with Crippen molar-refractivity contribution in [1.29, 1.82) is 0 Å². The summed E-state index contributed by atoms with van der Waals surface area (Å²) in [6.07, 6.45) is 1.49. The summed E-state index contributed by atoms with van der Waals surface area (Å²) in [7, 11) is 0. The summed E-state index contributed by atoms with van der Waals surface area (Å²) in [5.74, 6) is 0. The highest BCUT2D eigenvalue weighted by Crippen LogP contribution is 2.20. The van der Waals surface area contributed by atoms with E-state index < -0.39 is 0 Å². The lowest BCUT2D eigenvalue weighted by molar-refractivity contribution is 0.789. The summed E-state index contributed by atoms with van der Waals surface area (Å²) in [5, 5.41) is 11.2. The van der Waals surface area contributed by atoms with E-state index in [9.17, 15) is 0 Å². The average molecular weight is 196 g/mol. The zero-order chi connectivity index (χ0) is 9.26. The molecule has 1 aromatic carbocycles. The second-order valence-corrected chi connectivity index (χ2v) is 2.87. The van der Waals surface area contributed by atoms with E-state index in [-0.39, 0.29) is 0 Å². The van der Waals surface area contributed by atoms with Gasteiger partial charge in [-0.3, -0.25) is 0 Å². The highest BCUT2D eigenvalue weighted by Gasteiger charge is 2.00. The summed E-state index contributed by atoms with van der Waals surface area (Å²) >= 11 is 5.82. The lowest BCUT2D eigenvalue weighted by Crippen LogP contribution is -1.96. The van der Waals surface area contributed by atoms with Gasteiger partial charge < -0.3 is 5.73 Å².